The second-order valence-electron chi connectivity index (χ2n) is 6.28. The van der Waals surface area contributed by atoms with Crippen LogP contribution in [0.4, 0.5) is 10.7 Å². The fraction of sp³-hybridized carbons (Fsp3) is 0.562. The summed E-state index contributed by atoms with van der Waals surface area (Å²) in [7, 11) is 2.99. The molecule has 134 valence electrons. The molecule has 3 rings (SSSR count). The van der Waals surface area contributed by atoms with Crippen molar-refractivity contribution in [2.75, 3.05) is 45.2 Å². The highest BCUT2D eigenvalue weighted by Gasteiger charge is 2.42. The van der Waals surface area contributed by atoms with Gasteiger partial charge in [-0.05, 0) is 12.5 Å². The van der Waals surface area contributed by atoms with Gasteiger partial charge in [-0.3, -0.25) is 14.5 Å². The van der Waals surface area contributed by atoms with E-state index >= 15 is 0 Å². The lowest BCUT2D eigenvalue weighted by atomic mass is 10.1. The second-order valence-corrected chi connectivity index (χ2v) is 6.28. The van der Waals surface area contributed by atoms with Crippen molar-refractivity contribution in [2.24, 2.45) is 0 Å². The topological polar surface area (TPSA) is 90.0 Å². The monoisotopic (exact) mass is 346 g/mol. The number of aromatic nitrogens is 2. The van der Waals surface area contributed by atoms with Crippen LogP contribution >= 0.6 is 0 Å². The second kappa shape index (κ2) is 7.04. The number of rotatable bonds is 3. The minimum atomic E-state index is -0.707. The maximum absolute atomic E-state index is 12.6. The number of likely N-dealkylation sites (N-methyl/N-ethyl adjacent to an activating group) is 2. The molecule has 2 aliphatic heterocycles. The minimum absolute atomic E-state index is 0.0211. The van der Waals surface area contributed by atoms with Crippen molar-refractivity contribution in [2.45, 2.75) is 18.9 Å². The van der Waals surface area contributed by atoms with Gasteiger partial charge in [-0.1, -0.05) is 0 Å². The average molecular weight is 346 g/mol. The van der Waals surface area contributed by atoms with E-state index < -0.39 is 6.04 Å². The largest absolute Gasteiger partial charge is 0.341 e. The first-order chi connectivity index (χ1) is 12.0. The molecule has 0 radical (unpaired) electrons. The van der Waals surface area contributed by atoms with E-state index in [2.05, 4.69) is 14.9 Å². The van der Waals surface area contributed by atoms with Crippen molar-refractivity contribution in [3.8, 4) is 0 Å². The fourth-order valence-corrected chi connectivity index (χ4v) is 3.19. The molecule has 2 aliphatic rings. The molecule has 25 heavy (non-hydrogen) atoms. The van der Waals surface area contributed by atoms with Crippen LogP contribution in [-0.2, 0) is 9.59 Å². The van der Waals surface area contributed by atoms with Crippen molar-refractivity contribution < 1.29 is 14.4 Å². The predicted octanol–water partition coefficient (Wildman–Crippen LogP) is -0.202. The predicted molar refractivity (Wildman–Crippen MR) is 89.8 cm³/mol. The molecule has 0 N–H and O–H groups in total. The number of nitrogens with zero attached hydrogens (tertiary/aromatic N) is 6. The molecule has 0 saturated carbocycles. The molecular weight excluding hydrogens is 324 g/mol. The van der Waals surface area contributed by atoms with Crippen LogP contribution in [0, 0.1) is 0 Å². The van der Waals surface area contributed by atoms with Crippen molar-refractivity contribution >= 4 is 23.8 Å². The third-order valence-electron chi connectivity index (χ3n) is 4.72. The number of carbonyl (C=O) groups excluding carboxylic acids is 3. The molecule has 3 heterocycles. The van der Waals surface area contributed by atoms with E-state index in [0.29, 0.717) is 25.6 Å². The lowest BCUT2D eigenvalue weighted by molar-refractivity contribution is -0.136. The average Bonchev–Trinajstić information content (AvgIpc) is 2.85. The Hall–Kier alpha value is -2.71. The van der Waals surface area contributed by atoms with Gasteiger partial charge < -0.3 is 14.7 Å². The number of carbonyl (C=O) groups is 3. The van der Waals surface area contributed by atoms with Crippen molar-refractivity contribution in [1.82, 2.24) is 24.7 Å². The zero-order chi connectivity index (χ0) is 18.0. The van der Waals surface area contributed by atoms with Gasteiger partial charge in [0.15, 0.2) is 0 Å². The van der Waals surface area contributed by atoms with E-state index in [1.807, 2.05) is 0 Å². The molecule has 0 spiro atoms. The molecule has 2 fully saturated rings. The van der Waals surface area contributed by atoms with Crippen LogP contribution in [0.25, 0.3) is 0 Å². The molecule has 0 aromatic carbocycles. The summed E-state index contributed by atoms with van der Waals surface area (Å²) in [6.45, 7) is 2.59. The number of urea groups is 1. The van der Waals surface area contributed by atoms with E-state index in [0.717, 1.165) is 17.9 Å². The third kappa shape index (κ3) is 3.40. The Morgan fingerprint density at radius 2 is 1.84 bits per heavy atom. The molecule has 9 heteroatoms. The molecule has 9 nitrogen and oxygen atoms in total. The Bertz CT molecular complexity index is 667. The molecule has 1 aromatic rings. The zero-order valence-corrected chi connectivity index (χ0v) is 14.5. The summed E-state index contributed by atoms with van der Waals surface area (Å²) in [5, 5.41) is 0. The first-order valence-electron chi connectivity index (χ1n) is 8.33. The quantitative estimate of drug-likeness (QED) is 0.704. The van der Waals surface area contributed by atoms with Crippen LogP contribution in [0.5, 0.6) is 0 Å². The van der Waals surface area contributed by atoms with E-state index in [1.54, 1.807) is 30.4 Å². The van der Waals surface area contributed by atoms with Crippen LogP contribution in [0.3, 0.4) is 0 Å². The van der Waals surface area contributed by atoms with E-state index in [4.69, 9.17) is 0 Å². The molecule has 1 atom stereocenters. The summed E-state index contributed by atoms with van der Waals surface area (Å²) in [5.74, 6) is 0.230. The van der Waals surface area contributed by atoms with E-state index in [-0.39, 0.29) is 24.3 Å². The number of hydrogen-bond donors (Lipinski definition) is 0. The Labute approximate surface area is 146 Å². The summed E-state index contributed by atoms with van der Waals surface area (Å²) in [6.07, 6.45) is 4.22. The zero-order valence-electron chi connectivity index (χ0n) is 14.5. The smallest absolute Gasteiger partial charge is 0.326 e. The molecule has 0 bridgehead atoms. The Kier molecular flexibility index (Phi) is 4.82. The summed E-state index contributed by atoms with van der Waals surface area (Å²) in [4.78, 5) is 51.3. The Morgan fingerprint density at radius 1 is 1.12 bits per heavy atom. The van der Waals surface area contributed by atoms with Crippen molar-refractivity contribution in [3.05, 3.63) is 18.5 Å². The lowest BCUT2D eigenvalue weighted by Gasteiger charge is -2.24. The van der Waals surface area contributed by atoms with Gasteiger partial charge in [0.2, 0.25) is 11.9 Å². The van der Waals surface area contributed by atoms with Crippen LogP contribution < -0.4 is 4.90 Å². The molecular formula is C16H22N6O3. The van der Waals surface area contributed by atoms with Crippen LogP contribution in [0.2, 0.25) is 0 Å². The van der Waals surface area contributed by atoms with Gasteiger partial charge in [0, 0.05) is 52.7 Å². The number of hydrogen-bond acceptors (Lipinski definition) is 6. The normalized spacial score (nSPS) is 21.8. The first kappa shape index (κ1) is 17.1. The van der Waals surface area contributed by atoms with Gasteiger partial charge in [0.25, 0.3) is 5.91 Å². The van der Waals surface area contributed by atoms with E-state index in [1.165, 1.54) is 11.9 Å². The molecule has 0 aliphatic carbocycles. The number of anilines is 1. The highest BCUT2D eigenvalue weighted by Crippen LogP contribution is 2.18. The summed E-state index contributed by atoms with van der Waals surface area (Å²) >= 11 is 0. The van der Waals surface area contributed by atoms with Gasteiger partial charge in [-0.15, -0.1) is 0 Å². The van der Waals surface area contributed by atoms with Gasteiger partial charge in [-0.25, -0.2) is 14.8 Å². The van der Waals surface area contributed by atoms with E-state index in [9.17, 15) is 14.4 Å². The third-order valence-corrected chi connectivity index (χ3v) is 4.72. The van der Waals surface area contributed by atoms with Gasteiger partial charge in [-0.2, -0.15) is 0 Å². The first-order valence-corrected chi connectivity index (χ1v) is 8.33. The van der Waals surface area contributed by atoms with Crippen molar-refractivity contribution in [1.29, 1.82) is 0 Å². The summed E-state index contributed by atoms with van der Waals surface area (Å²) in [5.41, 5.74) is 0. The molecule has 2 saturated heterocycles. The Morgan fingerprint density at radius 3 is 2.48 bits per heavy atom. The van der Waals surface area contributed by atoms with Crippen molar-refractivity contribution in [3.63, 3.8) is 0 Å². The van der Waals surface area contributed by atoms with Gasteiger partial charge in [0.05, 0.1) is 6.42 Å². The highest BCUT2D eigenvalue weighted by atomic mass is 16.2. The van der Waals surface area contributed by atoms with Crippen LogP contribution in [-0.4, -0.2) is 88.8 Å². The molecule has 4 amide bonds. The van der Waals surface area contributed by atoms with Crippen LogP contribution in [0.1, 0.15) is 12.8 Å². The minimum Gasteiger partial charge on any atom is -0.341 e. The van der Waals surface area contributed by atoms with Gasteiger partial charge in [0.1, 0.15) is 6.04 Å². The highest BCUT2D eigenvalue weighted by molar-refractivity contribution is 6.05. The molecule has 0 unspecified atom stereocenters. The SMILES string of the molecule is CN1C(=O)[C@H](CC(=O)N2CCCN(c3ncccn3)CC2)N(C)C1=O. The summed E-state index contributed by atoms with van der Waals surface area (Å²) in [6, 6.07) is 0.692. The number of amides is 4. The summed E-state index contributed by atoms with van der Waals surface area (Å²) < 4.78 is 0. The van der Waals surface area contributed by atoms with Crippen LogP contribution in [0.15, 0.2) is 18.5 Å². The molecule has 1 aromatic heterocycles. The Balaban J connectivity index is 1.60. The fourth-order valence-electron chi connectivity index (χ4n) is 3.19. The maximum Gasteiger partial charge on any atom is 0.326 e. The lowest BCUT2D eigenvalue weighted by Crippen LogP contribution is -2.41. The van der Waals surface area contributed by atoms with Gasteiger partial charge >= 0.3 is 6.03 Å². The number of imide groups is 1. The standard InChI is InChI=1S/C16H22N6O3/c1-19-12(14(24)20(2)16(19)25)11-13(23)21-7-4-8-22(10-9-21)15-17-5-3-6-18-15/h3,5-6,12H,4,7-11H2,1-2H3/t12-/m0/s1. The maximum atomic E-state index is 12.6.